The second kappa shape index (κ2) is 5.04. The molecule has 1 unspecified atom stereocenters. The van der Waals surface area contributed by atoms with Crippen LogP contribution in [0.2, 0.25) is 0 Å². The first kappa shape index (κ1) is 12.6. The Morgan fingerprint density at radius 1 is 1.69 bits per heavy atom. The van der Waals surface area contributed by atoms with E-state index < -0.39 is 11.6 Å². The molecule has 0 aliphatic heterocycles. The minimum absolute atomic E-state index is 0.0596. The van der Waals surface area contributed by atoms with Crippen LogP contribution < -0.4 is 5.73 Å². The van der Waals surface area contributed by atoms with Gasteiger partial charge in [-0.2, -0.15) is 4.98 Å². The zero-order valence-corrected chi connectivity index (χ0v) is 9.27. The van der Waals surface area contributed by atoms with Crippen LogP contribution in [0.5, 0.6) is 0 Å². The predicted octanol–water partition coefficient (Wildman–Crippen LogP) is -0.502. The van der Waals surface area contributed by atoms with Gasteiger partial charge >= 0.3 is 5.97 Å². The summed E-state index contributed by atoms with van der Waals surface area (Å²) in [5.74, 6) is -0.645. The van der Waals surface area contributed by atoms with E-state index in [1.54, 1.807) is 13.8 Å². The number of nitrogens with two attached hydrogens (primary N) is 1. The molecule has 0 amide bonds. The number of ether oxygens (including phenoxy) is 1. The first-order valence-electron chi connectivity index (χ1n) is 4.90. The van der Waals surface area contributed by atoms with E-state index in [2.05, 4.69) is 14.9 Å². The summed E-state index contributed by atoms with van der Waals surface area (Å²) in [6, 6.07) is 0. The number of carbonyl (C=O) groups is 1. The molecule has 0 saturated heterocycles. The second-order valence-corrected chi connectivity index (χ2v) is 3.61. The minimum Gasteiger partial charge on any atom is -0.460 e. The lowest BCUT2D eigenvalue weighted by Gasteiger charge is -2.17. The van der Waals surface area contributed by atoms with Crippen LogP contribution in [-0.4, -0.2) is 40.0 Å². The van der Waals surface area contributed by atoms with Crippen molar-refractivity contribution in [1.29, 1.82) is 0 Å². The summed E-state index contributed by atoms with van der Waals surface area (Å²) < 4.78 is 9.48. The van der Waals surface area contributed by atoms with Gasteiger partial charge in [-0.3, -0.25) is 0 Å². The van der Waals surface area contributed by atoms with Crippen molar-refractivity contribution < 1.29 is 19.2 Å². The largest absolute Gasteiger partial charge is 0.460 e. The summed E-state index contributed by atoms with van der Waals surface area (Å²) in [4.78, 5) is 15.0. The van der Waals surface area contributed by atoms with Crippen LogP contribution in [0.4, 0.5) is 0 Å². The van der Waals surface area contributed by atoms with Crippen molar-refractivity contribution in [2.24, 2.45) is 5.73 Å². The summed E-state index contributed by atoms with van der Waals surface area (Å²) in [6.07, 6.45) is 0.0932. The van der Waals surface area contributed by atoms with E-state index in [1.165, 1.54) is 0 Å². The molecular weight excluding hydrogens is 214 g/mol. The molecule has 1 atom stereocenters. The molecule has 0 radical (unpaired) electrons. The number of esters is 1. The zero-order chi connectivity index (χ0) is 12.2. The van der Waals surface area contributed by atoms with Gasteiger partial charge in [-0.15, -0.1) is 0 Å². The molecule has 16 heavy (non-hydrogen) atoms. The standard InChI is InChI=1S/C9H15N3O4/c1-3-15-8(13)7-11-6(16-12-7)4-9(2,14)5-10/h14H,3-5,10H2,1-2H3. The van der Waals surface area contributed by atoms with E-state index in [1.807, 2.05) is 0 Å². The third kappa shape index (κ3) is 3.28. The maximum absolute atomic E-state index is 11.2. The molecular formula is C9H15N3O4. The number of hydrogen-bond acceptors (Lipinski definition) is 7. The maximum atomic E-state index is 11.2. The minimum atomic E-state index is -1.13. The van der Waals surface area contributed by atoms with Crippen molar-refractivity contribution in [1.82, 2.24) is 10.1 Å². The zero-order valence-electron chi connectivity index (χ0n) is 9.27. The van der Waals surface area contributed by atoms with Crippen molar-refractivity contribution in [2.45, 2.75) is 25.9 Å². The van der Waals surface area contributed by atoms with Crippen LogP contribution in [0.25, 0.3) is 0 Å². The van der Waals surface area contributed by atoms with Gasteiger partial charge in [0.05, 0.1) is 18.6 Å². The normalized spacial score (nSPS) is 14.5. The van der Waals surface area contributed by atoms with Crippen LogP contribution in [0.3, 0.4) is 0 Å². The molecule has 0 saturated carbocycles. The van der Waals surface area contributed by atoms with E-state index in [4.69, 9.17) is 10.3 Å². The van der Waals surface area contributed by atoms with E-state index in [0.29, 0.717) is 0 Å². The topological polar surface area (TPSA) is 111 Å². The highest BCUT2D eigenvalue weighted by atomic mass is 16.5. The summed E-state index contributed by atoms with van der Waals surface area (Å²) >= 11 is 0. The molecule has 0 aliphatic rings. The van der Waals surface area contributed by atoms with Crippen LogP contribution in [0.15, 0.2) is 4.52 Å². The summed E-state index contributed by atoms with van der Waals surface area (Å²) in [5, 5.41) is 13.1. The fraction of sp³-hybridized carbons (Fsp3) is 0.667. The van der Waals surface area contributed by atoms with Gasteiger partial charge in [0.15, 0.2) is 0 Å². The number of aliphatic hydroxyl groups is 1. The smallest absolute Gasteiger partial charge is 0.379 e. The van der Waals surface area contributed by atoms with Crippen molar-refractivity contribution in [3.05, 3.63) is 11.7 Å². The molecule has 7 nitrogen and oxygen atoms in total. The fourth-order valence-corrected chi connectivity index (χ4v) is 1.00. The monoisotopic (exact) mass is 229 g/mol. The van der Waals surface area contributed by atoms with Crippen LogP contribution >= 0.6 is 0 Å². The average Bonchev–Trinajstić information content (AvgIpc) is 2.66. The third-order valence-electron chi connectivity index (χ3n) is 1.90. The van der Waals surface area contributed by atoms with Crippen molar-refractivity contribution >= 4 is 5.97 Å². The first-order valence-corrected chi connectivity index (χ1v) is 4.90. The van der Waals surface area contributed by atoms with Gasteiger partial charge < -0.3 is 20.1 Å². The number of nitrogens with zero attached hydrogens (tertiary/aromatic N) is 2. The highest BCUT2D eigenvalue weighted by Crippen LogP contribution is 2.10. The average molecular weight is 229 g/mol. The second-order valence-electron chi connectivity index (χ2n) is 3.61. The van der Waals surface area contributed by atoms with Crippen LogP contribution in [0, 0.1) is 0 Å². The highest BCUT2D eigenvalue weighted by molar-refractivity contribution is 5.84. The van der Waals surface area contributed by atoms with Gasteiger partial charge in [-0.1, -0.05) is 0 Å². The number of hydrogen-bond donors (Lipinski definition) is 2. The van der Waals surface area contributed by atoms with Crippen LogP contribution in [-0.2, 0) is 11.2 Å². The molecule has 1 aromatic heterocycles. The Balaban J connectivity index is 2.68. The summed E-state index contributed by atoms with van der Waals surface area (Å²) in [6.45, 7) is 3.52. The predicted molar refractivity (Wildman–Crippen MR) is 53.6 cm³/mol. The Hall–Kier alpha value is -1.47. The fourth-order valence-electron chi connectivity index (χ4n) is 1.00. The molecule has 1 rings (SSSR count). The van der Waals surface area contributed by atoms with Gasteiger partial charge in [0.1, 0.15) is 0 Å². The van der Waals surface area contributed by atoms with Gasteiger partial charge in [0.25, 0.3) is 5.82 Å². The maximum Gasteiger partial charge on any atom is 0.379 e. The molecule has 0 spiro atoms. The highest BCUT2D eigenvalue weighted by Gasteiger charge is 2.24. The Labute approximate surface area is 92.6 Å². The molecule has 1 heterocycles. The molecule has 0 fully saturated rings. The molecule has 0 aliphatic carbocycles. The van der Waals surface area contributed by atoms with Gasteiger partial charge in [0, 0.05) is 6.54 Å². The SMILES string of the molecule is CCOC(=O)c1noc(CC(C)(O)CN)n1. The van der Waals surface area contributed by atoms with E-state index in [0.717, 1.165) is 0 Å². The van der Waals surface area contributed by atoms with Crippen molar-refractivity contribution in [2.75, 3.05) is 13.2 Å². The molecule has 1 aromatic rings. The van der Waals surface area contributed by atoms with Gasteiger partial charge in [-0.05, 0) is 19.0 Å². The van der Waals surface area contributed by atoms with Crippen molar-refractivity contribution in [3.63, 3.8) is 0 Å². The number of rotatable bonds is 5. The molecule has 7 heteroatoms. The summed E-state index contributed by atoms with van der Waals surface area (Å²) in [7, 11) is 0. The van der Waals surface area contributed by atoms with E-state index in [9.17, 15) is 9.90 Å². The van der Waals surface area contributed by atoms with Crippen LogP contribution in [0.1, 0.15) is 30.4 Å². The Kier molecular flexibility index (Phi) is 3.97. The number of carbonyl (C=O) groups excluding carboxylic acids is 1. The van der Waals surface area contributed by atoms with Crippen molar-refractivity contribution in [3.8, 4) is 0 Å². The molecule has 0 bridgehead atoms. The quantitative estimate of drug-likeness (QED) is 0.654. The van der Waals surface area contributed by atoms with Gasteiger partial charge in [-0.25, -0.2) is 4.79 Å². The Morgan fingerprint density at radius 3 is 2.94 bits per heavy atom. The Bertz CT molecular complexity index is 361. The van der Waals surface area contributed by atoms with E-state index >= 15 is 0 Å². The van der Waals surface area contributed by atoms with Gasteiger partial charge in [0.2, 0.25) is 5.89 Å². The molecule has 3 N–H and O–H groups in total. The Morgan fingerprint density at radius 2 is 2.38 bits per heavy atom. The lowest BCUT2D eigenvalue weighted by atomic mass is 10.0. The molecule has 0 aromatic carbocycles. The first-order chi connectivity index (χ1) is 7.48. The number of aromatic nitrogens is 2. The summed E-state index contributed by atoms with van der Waals surface area (Å²) in [5.41, 5.74) is 4.21. The lowest BCUT2D eigenvalue weighted by Crippen LogP contribution is -2.36. The lowest BCUT2D eigenvalue weighted by molar-refractivity contribution is 0.0508. The van der Waals surface area contributed by atoms with E-state index in [-0.39, 0.29) is 31.3 Å². The molecule has 90 valence electrons. The third-order valence-corrected chi connectivity index (χ3v) is 1.90.